The van der Waals surface area contributed by atoms with Gasteiger partial charge in [-0.3, -0.25) is 9.59 Å². The summed E-state index contributed by atoms with van der Waals surface area (Å²) in [6.07, 6.45) is 5.92. The third-order valence-electron chi connectivity index (χ3n) is 5.50. The Bertz CT molecular complexity index is 651. The zero-order valence-corrected chi connectivity index (χ0v) is 17.2. The SMILES string of the molecule is Cc1c(NCC(=O)N2CCCCCCC2)cccc1C(=O)N1CCSCC1. The maximum Gasteiger partial charge on any atom is 0.254 e. The summed E-state index contributed by atoms with van der Waals surface area (Å²) in [7, 11) is 0. The molecular formula is C21H31N3O2S. The van der Waals surface area contributed by atoms with E-state index in [1.54, 1.807) is 0 Å². The molecule has 0 unspecified atom stereocenters. The van der Waals surface area contributed by atoms with Gasteiger partial charge in [-0.15, -0.1) is 0 Å². The van der Waals surface area contributed by atoms with Crippen LogP contribution in [-0.4, -0.2) is 65.8 Å². The third-order valence-corrected chi connectivity index (χ3v) is 6.44. The maximum atomic E-state index is 12.8. The van der Waals surface area contributed by atoms with Gasteiger partial charge < -0.3 is 15.1 Å². The molecule has 2 amide bonds. The number of nitrogens with zero attached hydrogens (tertiary/aromatic N) is 2. The summed E-state index contributed by atoms with van der Waals surface area (Å²) in [6, 6.07) is 5.76. The highest BCUT2D eigenvalue weighted by Gasteiger charge is 2.21. The monoisotopic (exact) mass is 389 g/mol. The van der Waals surface area contributed by atoms with Crippen LogP contribution < -0.4 is 5.32 Å². The summed E-state index contributed by atoms with van der Waals surface area (Å²) in [5.74, 6) is 2.27. The number of amides is 2. The summed E-state index contributed by atoms with van der Waals surface area (Å²) < 4.78 is 0. The molecule has 0 atom stereocenters. The smallest absolute Gasteiger partial charge is 0.254 e. The van der Waals surface area contributed by atoms with Gasteiger partial charge in [0.1, 0.15) is 0 Å². The summed E-state index contributed by atoms with van der Waals surface area (Å²) in [5, 5.41) is 3.28. The van der Waals surface area contributed by atoms with E-state index < -0.39 is 0 Å². The molecule has 0 spiro atoms. The van der Waals surface area contributed by atoms with Crippen LogP contribution in [-0.2, 0) is 4.79 Å². The highest BCUT2D eigenvalue weighted by atomic mass is 32.2. The zero-order chi connectivity index (χ0) is 19.1. The first kappa shape index (κ1) is 20.1. The lowest BCUT2D eigenvalue weighted by Crippen LogP contribution is -2.38. The third kappa shape index (κ3) is 5.41. The molecule has 2 heterocycles. The van der Waals surface area contributed by atoms with Gasteiger partial charge in [-0.25, -0.2) is 0 Å². The molecule has 0 aliphatic carbocycles. The molecule has 1 aromatic rings. The van der Waals surface area contributed by atoms with Crippen molar-refractivity contribution in [2.24, 2.45) is 0 Å². The fraction of sp³-hybridized carbons (Fsp3) is 0.619. The molecule has 0 radical (unpaired) electrons. The Morgan fingerprint density at radius 1 is 0.963 bits per heavy atom. The Hall–Kier alpha value is -1.69. The van der Waals surface area contributed by atoms with E-state index in [0.29, 0.717) is 6.54 Å². The van der Waals surface area contributed by atoms with Gasteiger partial charge in [-0.1, -0.05) is 25.3 Å². The lowest BCUT2D eigenvalue weighted by molar-refractivity contribution is -0.129. The minimum atomic E-state index is 0.103. The second-order valence-corrected chi connectivity index (χ2v) is 8.61. The molecule has 148 valence electrons. The van der Waals surface area contributed by atoms with E-state index in [9.17, 15) is 9.59 Å². The Labute approximate surface area is 166 Å². The quantitative estimate of drug-likeness (QED) is 0.858. The number of likely N-dealkylation sites (tertiary alicyclic amines) is 1. The number of benzene rings is 1. The average molecular weight is 390 g/mol. The van der Waals surface area contributed by atoms with Crippen LogP contribution in [0.25, 0.3) is 0 Å². The molecule has 3 rings (SSSR count). The summed E-state index contributed by atoms with van der Waals surface area (Å²) in [5.41, 5.74) is 2.56. The number of hydrogen-bond donors (Lipinski definition) is 1. The van der Waals surface area contributed by atoms with Crippen molar-refractivity contribution in [3.05, 3.63) is 29.3 Å². The molecule has 1 N–H and O–H groups in total. The van der Waals surface area contributed by atoms with E-state index in [2.05, 4.69) is 5.32 Å². The number of thioether (sulfide) groups is 1. The standard InChI is InChI=1S/C21H31N3O2S/c1-17-18(21(26)24-12-14-27-15-13-24)8-7-9-19(17)22-16-20(25)23-10-5-3-2-4-6-11-23/h7-9,22H,2-6,10-16H2,1H3. The van der Waals surface area contributed by atoms with Crippen LogP contribution in [0.2, 0.25) is 0 Å². The Morgan fingerprint density at radius 3 is 2.33 bits per heavy atom. The van der Waals surface area contributed by atoms with E-state index >= 15 is 0 Å². The predicted molar refractivity (Wildman–Crippen MR) is 113 cm³/mol. The van der Waals surface area contributed by atoms with Crippen molar-refractivity contribution < 1.29 is 9.59 Å². The van der Waals surface area contributed by atoms with Crippen molar-refractivity contribution in [1.29, 1.82) is 0 Å². The number of anilines is 1. The minimum Gasteiger partial charge on any atom is -0.376 e. The van der Waals surface area contributed by atoms with Crippen molar-refractivity contribution in [3.8, 4) is 0 Å². The first-order chi connectivity index (χ1) is 13.2. The molecule has 1 aromatic carbocycles. The van der Waals surface area contributed by atoms with Gasteiger partial charge >= 0.3 is 0 Å². The molecule has 2 aliphatic rings. The number of carbonyl (C=O) groups excluding carboxylic acids is 2. The molecule has 6 heteroatoms. The average Bonchev–Trinajstić information content (AvgIpc) is 2.67. The molecule has 2 saturated heterocycles. The number of hydrogen-bond acceptors (Lipinski definition) is 4. The van der Waals surface area contributed by atoms with Gasteiger partial charge in [0.2, 0.25) is 5.91 Å². The van der Waals surface area contributed by atoms with Crippen LogP contribution in [0.5, 0.6) is 0 Å². The first-order valence-corrected chi connectivity index (χ1v) is 11.3. The van der Waals surface area contributed by atoms with Crippen molar-refractivity contribution in [2.45, 2.75) is 39.0 Å². The molecule has 2 fully saturated rings. The Morgan fingerprint density at radius 2 is 1.63 bits per heavy atom. The molecule has 0 bridgehead atoms. The van der Waals surface area contributed by atoms with Gasteiger partial charge in [0.15, 0.2) is 0 Å². The van der Waals surface area contributed by atoms with Gasteiger partial charge in [0.25, 0.3) is 5.91 Å². The van der Waals surface area contributed by atoms with E-state index in [1.807, 2.05) is 46.7 Å². The van der Waals surface area contributed by atoms with Crippen molar-refractivity contribution in [3.63, 3.8) is 0 Å². The van der Waals surface area contributed by atoms with Gasteiger partial charge in [-0.05, 0) is 37.5 Å². The van der Waals surface area contributed by atoms with Crippen LogP contribution in [0, 0.1) is 6.92 Å². The van der Waals surface area contributed by atoms with Crippen molar-refractivity contribution in [1.82, 2.24) is 9.80 Å². The van der Waals surface area contributed by atoms with E-state index in [1.165, 1.54) is 19.3 Å². The zero-order valence-electron chi connectivity index (χ0n) is 16.3. The lowest BCUT2D eigenvalue weighted by atomic mass is 10.1. The van der Waals surface area contributed by atoms with Crippen LogP contribution >= 0.6 is 11.8 Å². The molecule has 5 nitrogen and oxygen atoms in total. The molecule has 2 aliphatic heterocycles. The van der Waals surface area contributed by atoms with Crippen LogP contribution in [0.3, 0.4) is 0 Å². The Kier molecular flexibility index (Phi) is 7.44. The number of carbonyl (C=O) groups is 2. The summed E-state index contributed by atoms with van der Waals surface area (Å²) >= 11 is 1.90. The van der Waals surface area contributed by atoms with Gasteiger partial charge in [0.05, 0.1) is 6.54 Å². The fourth-order valence-electron chi connectivity index (χ4n) is 3.78. The molecule has 27 heavy (non-hydrogen) atoms. The van der Waals surface area contributed by atoms with Gasteiger partial charge in [0, 0.05) is 48.9 Å². The van der Waals surface area contributed by atoms with E-state index in [0.717, 1.165) is 67.3 Å². The van der Waals surface area contributed by atoms with E-state index in [4.69, 9.17) is 0 Å². The molecule has 0 aromatic heterocycles. The Balaban J connectivity index is 1.61. The van der Waals surface area contributed by atoms with Crippen LogP contribution in [0.1, 0.15) is 48.0 Å². The fourth-order valence-corrected chi connectivity index (χ4v) is 4.68. The van der Waals surface area contributed by atoms with E-state index in [-0.39, 0.29) is 11.8 Å². The largest absolute Gasteiger partial charge is 0.376 e. The highest BCUT2D eigenvalue weighted by Crippen LogP contribution is 2.22. The van der Waals surface area contributed by atoms with Crippen molar-refractivity contribution in [2.75, 3.05) is 49.5 Å². The van der Waals surface area contributed by atoms with Crippen molar-refractivity contribution >= 4 is 29.3 Å². The lowest BCUT2D eigenvalue weighted by Gasteiger charge is -2.27. The van der Waals surface area contributed by atoms with Gasteiger partial charge in [-0.2, -0.15) is 11.8 Å². The molecular weight excluding hydrogens is 358 g/mol. The number of nitrogens with one attached hydrogen (secondary N) is 1. The van der Waals surface area contributed by atoms with Crippen LogP contribution in [0.15, 0.2) is 18.2 Å². The maximum absolute atomic E-state index is 12.8. The normalized spacial score (nSPS) is 18.6. The number of rotatable bonds is 4. The summed E-state index contributed by atoms with van der Waals surface area (Å²) in [4.78, 5) is 29.4. The summed E-state index contributed by atoms with van der Waals surface area (Å²) in [6.45, 7) is 5.62. The first-order valence-electron chi connectivity index (χ1n) is 10.1. The molecule has 0 saturated carbocycles. The van der Waals surface area contributed by atoms with Crippen LogP contribution in [0.4, 0.5) is 5.69 Å². The topological polar surface area (TPSA) is 52.7 Å². The minimum absolute atomic E-state index is 0.103. The predicted octanol–water partition coefficient (Wildman–Crippen LogP) is 3.39. The highest BCUT2D eigenvalue weighted by molar-refractivity contribution is 7.99. The second kappa shape index (κ2) is 10.0. The second-order valence-electron chi connectivity index (χ2n) is 7.38.